The van der Waals surface area contributed by atoms with Crippen molar-refractivity contribution in [2.75, 3.05) is 7.11 Å². The van der Waals surface area contributed by atoms with E-state index >= 15 is 0 Å². The maximum atomic E-state index is 12.9. The van der Waals surface area contributed by atoms with E-state index in [0.29, 0.717) is 0 Å². The van der Waals surface area contributed by atoms with Crippen molar-refractivity contribution in [2.45, 2.75) is 4.90 Å². The first-order valence-electron chi connectivity index (χ1n) is 4.19. The summed E-state index contributed by atoms with van der Waals surface area (Å²) in [5, 5.41) is 0. The molecule has 1 heterocycles. The van der Waals surface area contributed by atoms with E-state index in [4.69, 9.17) is 0 Å². The molecule has 0 saturated carbocycles. The molecule has 0 N–H and O–H groups in total. The summed E-state index contributed by atoms with van der Waals surface area (Å²) in [4.78, 5) is 10.9. The Morgan fingerprint density at radius 3 is 2.75 bits per heavy atom. The summed E-state index contributed by atoms with van der Waals surface area (Å²) in [6.45, 7) is 0. The molecule has 1 aliphatic rings. The average Bonchev–Trinajstić information content (AvgIpc) is 2.50. The fourth-order valence-electron chi connectivity index (χ4n) is 1.37. The number of methoxy groups -OCH3 is 1. The Hall–Kier alpha value is -1.76. The van der Waals surface area contributed by atoms with Gasteiger partial charge in [-0.2, -0.15) is 12.8 Å². The van der Waals surface area contributed by atoms with Crippen molar-refractivity contribution in [3.63, 3.8) is 0 Å². The second-order valence-corrected chi connectivity index (χ2v) is 4.62. The third kappa shape index (κ3) is 1.49. The number of fused-ring (bicyclic) bond motifs is 1. The Balaban J connectivity index is 2.70. The molecule has 0 fully saturated rings. The molecule has 1 aliphatic heterocycles. The van der Waals surface area contributed by atoms with Gasteiger partial charge in [0.15, 0.2) is 5.71 Å². The number of nitrogens with zero attached hydrogens (tertiary/aromatic N) is 1. The SMILES string of the molecule is COC(=O)C1=NS(=O)(=O)c2cc(F)ccc21. The molecular weight excluding hydrogens is 237 g/mol. The number of carbonyl (C=O) groups is 1. The molecule has 0 unspecified atom stereocenters. The molecule has 1 aromatic carbocycles. The van der Waals surface area contributed by atoms with Crippen molar-refractivity contribution >= 4 is 21.7 Å². The van der Waals surface area contributed by atoms with Crippen molar-refractivity contribution in [1.29, 1.82) is 0 Å². The number of hydrogen-bond acceptors (Lipinski definition) is 4. The van der Waals surface area contributed by atoms with Crippen LogP contribution in [0.1, 0.15) is 5.56 Å². The highest BCUT2D eigenvalue weighted by Crippen LogP contribution is 2.27. The van der Waals surface area contributed by atoms with Gasteiger partial charge in [-0.3, -0.25) is 0 Å². The van der Waals surface area contributed by atoms with Crippen LogP contribution in [-0.2, 0) is 19.6 Å². The zero-order valence-electron chi connectivity index (χ0n) is 8.10. The van der Waals surface area contributed by atoms with E-state index in [0.717, 1.165) is 19.2 Å². The average molecular weight is 243 g/mol. The van der Waals surface area contributed by atoms with E-state index in [2.05, 4.69) is 9.13 Å². The van der Waals surface area contributed by atoms with Gasteiger partial charge in [0.1, 0.15) is 10.7 Å². The van der Waals surface area contributed by atoms with Gasteiger partial charge in [0.2, 0.25) is 0 Å². The Bertz CT molecular complexity index is 606. The molecule has 0 spiro atoms. The highest BCUT2D eigenvalue weighted by molar-refractivity contribution is 7.90. The lowest BCUT2D eigenvalue weighted by atomic mass is 10.1. The van der Waals surface area contributed by atoms with Crippen LogP contribution in [0.3, 0.4) is 0 Å². The zero-order chi connectivity index (χ0) is 11.9. The number of benzene rings is 1. The molecule has 0 aromatic heterocycles. The largest absolute Gasteiger partial charge is 0.464 e. The number of esters is 1. The topological polar surface area (TPSA) is 72.8 Å². The van der Waals surface area contributed by atoms with E-state index in [1.165, 1.54) is 6.07 Å². The van der Waals surface area contributed by atoms with Gasteiger partial charge in [-0.15, -0.1) is 0 Å². The summed E-state index contributed by atoms with van der Waals surface area (Å²) >= 11 is 0. The molecule has 84 valence electrons. The fourth-order valence-corrected chi connectivity index (χ4v) is 2.58. The van der Waals surface area contributed by atoms with Crippen LogP contribution in [0.15, 0.2) is 27.5 Å². The van der Waals surface area contributed by atoms with E-state index in [1.807, 2.05) is 0 Å². The molecule has 0 atom stereocenters. The first-order chi connectivity index (χ1) is 7.45. The van der Waals surface area contributed by atoms with E-state index in [9.17, 15) is 17.6 Å². The van der Waals surface area contributed by atoms with Crippen molar-refractivity contribution in [3.8, 4) is 0 Å². The summed E-state index contributed by atoms with van der Waals surface area (Å²) < 4.78 is 43.5. The Morgan fingerprint density at radius 2 is 2.12 bits per heavy atom. The maximum Gasteiger partial charge on any atom is 0.358 e. The van der Waals surface area contributed by atoms with E-state index in [-0.39, 0.29) is 16.2 Å². The standard InChI is InChI=1S/C9H6FNO4S/c1-15-9(12)8-6-3-2-5(10)4-7(6)16(13,14)11-8/h2-4H,1H3. The zero-order valence-corrected chi connectivity index (χ0v) is 8.91. The van der Waals surface area contributed by atoms with Crippen LogP contribution in [0.2, 0.25) is 0 Å². The number of hydrogen-bond donors (Lipinski definition) is 0. The first-order valence-corrected chi connectivity index (χ1v) is 5.63. The molecule has 0 radical (unpaired) electrons. The molecule has 0 bridgehead atoms. The number of sulfonamides is 1. The molecule has 2 rings (SSSR count). The second-order valence-electron chi connectivity index (χ2n) is 3.05. The molecule has 16 heavy (non-hydrogen) atoms. The van der Waals surface area contributed by atoms with Gasteiger partial charge in [0.25, 0.3) is 10.0 Å². The van der Waals surface area contributed by atoms with Gasteiger partial charge < -0.3 is 4.74 Å². The highest BCUT2D eigenvalue weighted by Gasteiger charge is 2.33. The summed E-state index contributed by atoms with van der Waals surface area (Å²) in [6, 6.07) is 3.06. The van der Waals surface area contributed by atoms with Crippen LogP contribution in [-0.4, -0.2) is 27.2 Å². The van der Waals surface area contributed by atoms with Crippen LogP contribution < -0.4 is 0 Å². The minimum atomic E-state index is -3.99. The molecule has 1 aromatic rings. The minimum Gasteiger partial charge on any atom is -0.464 e. The van der Waals surface area contributed by atoms with Crippen molar-refractivity contribution in [1.82, 2.24) is 0 Å². The van der Waals surface area contributed by atoms with Crippen LogP contribution in [0.25, 0.3) is 0 Å². The van der Waals surface area contributed by atoms with Gasteiger partial charge in [-0.05, 0) is 18.2 Å². The lowest BCUT2D eigenvalue weighted by Gasteiger charge is -1.99. The monoisotopic (exact) mass is 243 g/mol. The molecule has 7 heteroatoms. The molecule has 0 amide bonds. The van der Waals surface area contributed by atoms with Crippen molar-refractivity contribution in [3.05, 3.63) is 29.6 Å². The number of ether oxygens (including phenoxy) is 1. The molecular formula is C9H6FNO4S. The summed E-state index contributed by atoms with van der Waals surface area (Å²) in [5.74, 6) is -1.57. The van der Waals surface area contributed by atoms with Gasteiger partial charge in [0.05, 0.1) is 7.11 Å². The Morgan fingerprint density at radius 1 is 1.44 bits per heavy atom. The predicted octanol–water partition coefficient (Wildman–Crippen LogP) is 0.490. The Labute approximate surface area is 90.6 Å². The third-order valence-electron chi connectivity index (χ3n) is 2.07. The van der Waals surface area contributed by atoms with Crippen molar-refractivity contribution in [2.24, 2.45) is 4.40 Å². The summed E-state index contributed by atoms with van der Waals surface area (Å²) in [7, 11) is -2.88. The van der Waals surface area contributed by atoms with Crippen LogP contribution >= 0.6 is 0 Å². The second kappa shape index (κ2) is 3.38. The highest BCUT2D eigenvalue weighted by atomic mass is 32.2. The van der Waals surface area contributed by atoms with Crippen LogP contribution in [0, 0.1) is 5.82 Å². The fraction of sp³-hybridized carbons (Fsp3) is 0.111. The van der Waals surface area contributed by atoms with Crippen LogP contribution in [0.4, 0.5) is 4.39 Å². The molecule has 0 aliphatic carbocycles. The van der Waals surface area contributed by atoms with Gasteiger partial charge in [-0.25, -0.2) is 9.18 Å². The van der Waals surface area contributed by atoms with E-state index < -0.39 is 21.8 Å². The van der Waals surface area contributed by atoms with Gasteiger partial charge in [0, 0.05) is 5.56 Å². The smallest absolute Gasteiger partial charge is 0.358 e. The summed E-state index contributed by atoms with van der Waals surface area (Å²) in [5.41, 5.74) is -0.259. The lowest BCUT2D eigenvalue weighted by molar-refractivity contribution is -0.132. The first kappa shape index (κ1) is 10.7. The lowest BCUT2D eigenvalue weighted by Crippen LogP contribution is -2.15. The number of halogens is 1. The normalized spacial score (nSPS) is 16.5. The molecule has 5 nitrogen and oxygen atoms in total. The van der Waals surface area contributed by atoms with Crippen molar-refractivity contribution < 1.29 is 22.3 Å². The minimum absolute atomic E-state index is 0.0632. The van der Waals surface area contributed by atoms with Gasteiger partial charge >= 0.3 is 5.97 Å². The van der Waals surface area contributed by atoms with Gasteiger partial charge in [-0.1, -0.05) is 0 Å². The predicted molar refractivity (Wildman–Crippen MR) is 52.1 cm³/mol. The van der Waals surface area contributed by atoms with E-state index in [1.54, 1.807) is 0 Å². The number of rotatable bonds is 1. The number of carbonyl (C=O) groups excluding carboxylic acids is 1. The molecule has 0 saturated heterocycles. The van der Waals surface area contributed by atoms with Crippen LogP contribution in [0.5, 0.6) is 0 Å². The quantitative estimate of drug-likeness (QED) is 0.673. The summed E-state index contributed by atoms with van der Waals surface area (Å²) in [6.07, 6.45) is 0. The third-order valence-corrected chi connectivity index (χ3v) is 3.38. The Kier molecular flexibility index (Phi) is 2.27. The maximum absolute atomic E-state index is 12.9.